The largest absolute Gasteiger partial charge is 0.322 e. The molecule has 0 saturated carbocycles. The number of carbonyl (C=O) groups excluding carboxylic acids is 1. The molecule has 0 unspecified atom stereocenters. The van der Waals surface area contributed by atoms with Crippen LogP contribution in [0.15, 0.2) is 84.0 Å². The molecule has 0 spiro atoms. The van der Waals surface area contributed by atoms with Crippen LogP contribution >= 0.6 is 0 Å². The van der Waals surface area contributed by atoms with Crippen molar-refractivity contribution in [2.75, 3.05) is 5.32 Å². The van der Waals surface area contributed by atoms with E-state index < -0.39 is 0 Å². The number of hydrogen-bond acceptors (Lipinski definition) is 1. The quantitative estimate of drug-likeness (QED) is 0.483. The van der Waals surface area contributed by atoms with E-state index in [9.17, 15) is 4.79 Å². The summed E-state index contributed by atoms with van der Waals surface area (Å²) in [6.07, 6.45) is 8.26. The van der Waals surface area contributed by atoms with Gasteiger partial charge < -0.3 is 5.32 Å². The Morgan fingerprint density at radius 3 is 2.43 bits per heavy atom. The van der Waals surface area contributed by atoms with Gasteiger partial charge in [0.2, 0.25) is 0 Å². The van der Waals surface area contributed by atoms with E-state index in [4.69, 9.17) is 0 Å². The molecule has 0 atom stereocenters. The predicted molar refractivity (Wildman–Crippen MR) is 128 cm³/mol. The second kappa shape index (κ2) is 8.31. The lowest BCUT2D eigenvalue weighted by atomic mass is 9.72. The molecule has 2 heteroatoms. The van der Waals surface area contributed by atoms with E-state index in [2.05, 4.69) is 56.4 Å². The van der Waals surface area contributed by atoms with Gasteiger partial charge in [0.25, 0.3) is 5.91 Å². The zero-order valence-corrected chi connectivity index (χ0v) is 18.0. The summed E-state index contributed by atoms with van der Waals surface area (Å²) < 4.78 is 0. The van der Waals surface area contributed by atoms with E-state index >= 15 is 0 Å². The minimum Gasteiger partial charge on any atom is -0.322 e. The third-order valence-electron chi connectivity index (χ3n) is 6.14. The normalized spacial score (nSPS) is 16.2. The fraction of sp³-hybridized carbons (Fsp3) is 0.250. The Labute approximate surface area is 179 Å². The molecule has 0 saturated heterocycles. The van der Waals surface area contributed by atoms with E-state index in [0.29, 0.717) is 5.56 Å². The Morgan fingerprint density at radius 1 is 0.933 bits per heavy atom. The van der Waals surface area contributed by atoms with Crippen LogP contribution in [0.5, 0.6) is 0 Å². The number of anilines is 1. The second-order valence-electron chi connectivity index (χ2n) is 8.91. The van der Waals surface area contributed by atoms with Crippen molar-refractivity contribution in [3.63, 3.8) is 0 Å². The third-order valence-corrected chi connectivity index (χ3v) is 6.14. The highest BCUT2D eigenvalue weighted by Gasteiger charge is 2.26. The maximum atomic E-state index is 12.6. The zero-order chi connectivity index (χ0) is 21.1. The lowest BCUT2D eigenvalue weighted by Crippen LogP contribution is -2.18. The van der Waals surface area contributed by atoms with Gasteiger partial charge in [0.15, 0.2) is 0 Å². The minimum atomic E-state index is -0.0889. The zero-order valence-electron chi connectivity index (χ0n) is 18.0. The Morgan fingerprint density at radius 2 is 1.67 bits per heavy atom. The molecule has 1 aliphatic rings. The summed E-state index contributed by atoms with van der Waals surface area (Å²) in [4.78, 5) is 12.6. The van der Waals surface area contributed by atoms with Crippen molar-refractivity contribution in [3.8, 4) is 0 Å². The van der Waals surface area contributed by atoms with Crippen LogP contribution in [-0.4, -0.2) is 5.91 Å². The smallest absolute Gasteiger partial charge is 0.255 e. The van der Waals surface area contributed by atoms with Gasteiger partial charge in [-0.2, -0.15) is 0 Å². The fourth-order valence-electron chi connectivity index (χ4n) is 4.42. The van der Waals surface area contributed by atoms with Crippen LogP contribution in [0, 0.1) is 5.41 Å². The van der Waals surface area contributed by atoms with Gasteiger partial charge in [0, 0.05) is 11.3 Å². The van der Waals surface area contributed by atoms with Crippen LogP contribution in [0.2, 0.25) is 0 Å². The van der Waals surface area contributed by atoms with Gasteiger partial charge in [-0.15, -0.1) is 0 Å². The van der Waals surface area contributed by atoms with Crippen molar-refractivity contribution >= 4 is 28.4 Å². The summed E-state index contributed by atoms with van der Waals surface area (Å²) >= 11 is 0. The van der Waals surface area contributed by atoms with E-state index in [1.807, 2.05) is 48.5 Å². The average Bonchev–Trinajstić information content (AvgIpc) is 2.73. The molecule has 0 bridgehead atoms. The third kappa shape index (κ3) is 4.38. The number of fused-ring (bicyclic) bond motifs is 1. The van der Waals surface area contributed by atoms with Crippen LogP contribution < -0.4 is 5.32 Å². The van der Waals surface area contributed by atoms with Crippen molar-refractivity contribution in [3.05, 3.63) is 95.1 Å². The Balaban J connectivity index is 1.55. The molecule has 152 valence electrons. The molecule has 3 aromatic rings. The summed E-state index contributed by atoms with van der Waals surface area (Å²) in [5.41, 5.74) is 5.89. The van der Waals surface area contributed by atoms with E-state index in [1.54, 1.807) is 0 Å². The number of allylic oxidation sites excluding steroid dienone is 3. The number of para-hydroxylation sites is 1. The van der Waals surface area contributed by atoms with Gasteiger partial charge in [0.05, 0.1) is 0 Å². The van der Waals surface area contributed by atoms with Gasteiger partial charge in [0.1, 0.15) is 0 Å². The highest BCUT2D eigenvalue weighted by molar-refractivity contribution is 6.06. The molecule has 30 heavy (non-hydrogen) atoms. The van der Waals surface area contributed by atoms with Crippen molar-refractivity contribution in [1.82, 2.24) is 0 Å². The van der Waals surface area contributed by atoms with Crippen LogP contribution in [0.3, 0.4) is 0 Å². The first kappa shape index (κ1) is 20.2. The summed E-state index contributed by atoms with van der Waals surface area (Å²) in [5, 5.41) is 5.16. The number of rotatable bonds is 4. The van der Waals surface area contributed by atoms with Crippen molar-refractivity contribution in [1.29, 1.82) is 0 Å². The molecule has 1 aliphatic carbocycles. The molecule has 0 aromatic heterocycles. The van der Waals surface area contributed by atoms with E-state index in [-0.39, 0.29) is 11.3 Å². The first-order valence-electron chi connectivity index (χ1n) is 10.7. The molecule has 0 aliphatic heterocycles. The standard InChI is InChI=1S/C28H29NO/c1-20-8-7-17-28(2,3)26(20)16-12-21-11-13-23-19-24(15-14-22(23)18-21)27(30)29-25-9-5-4-6-10-25/h4-6,9-16,18-19H,7-8,17H2,1-3H3,(H,29,30)/b16-12+. The maximum absolute atomic E-state index is 12.6. The summed E-state index contributed by atoms with van der Waals surface area (Å²) in [7, 11) is 0. The van der Waals surface area contributed by atoms with Gasteiger partial charge in [-0.3, -0.25) is 4.79 Å². The van der Waals surface area contributed by atoms with E-state index in [1.165, 1.54) is 36.0 Å². The summed E-state index contributed by atoms with van der Waals surface area (Å²) in [5.74, 6) is -0.0889. The Bertz CT molecular complexity index is 1140. The topological polar surface area (TPSA) is 29.1 Å². The molecule has 4 rings (SSSR count). The van der Waals surface area contributed by atoms with Crippen LogP contribution in [0.1, 0.15) is 56.0 Å². The number of carbonyl (C=O) groups is 1. The van der Waals surface area contributed by atoms with Crippen molar-refractivity contribution < 1.29 is 4.79 Å². The minimum absolute atomic E-state index is 0.0889. The molecule has 2 nitrogen and oxygen atoms in total. The number of benzene rings is 3. The highest BCUT2D eigenvalue weighted by Crippen LogP contribution is 2.41. The van der Waals surface area contributed by atoms with Gasteiger partial charge in [-0.25, -0.2) is 0 Å². The van der Waals surface area contributed by atoms with Gasteiger partial charge in [-0.1, -0.05) is 68.0 Å². The van der Waals surface area contributed by atoms with Gasteiger partial charge >= 0.3 is 0 Å². The molecule has 0 fully saturated rings. The Kier molecular flexibility index (Phi) is 5.59. The number of amides is 1. The molecule has 1 amide bonds. The first-order chi connectivity index (χ1) is 14.4. The SMILES string of the molecule is CC1=C(/C=C/c2ccc3cc(C(=O)Nc4ccccc4)ccc3c2)C(C)(C)CCC1. The van der Waals surface area contributed by atoms with Crippen LogP contribution in [0.25, 0.3) is 16.8 Å². The van der Waals surface area contributed by atoms with E-state index in [0.717, 1.165) is 16.5 Å². The lowest BCUT2D eigenvalue weighted by molar-refractivity contribution is 0.102. The molecule has 3 aromatic carbocycles. The van der Waals surface area contributed by atoms with Crippen molar-refractivity contribution in [2.24, 2.45) is 5.41 Å². The lowest BCUT2D eigenvalue weighted by Gasteiger charge is -2.32. The first-order valence-corrected chi connectivity index (χ1v) is 10.7. The molecule has 1 N–H and O–H groups in total. The van der Waals surface area contributed by atoms with Crippen LogP contribution in [0.4, 0.5) is 5.69 Å². The number of hydrogen-bond donors (Lipinski definition) is 1. The molecule has 0 radical (unpaired) electrons. The average molecular weight is 396 g/mol. The monoisotopic (exact) mass is 395 g/mol. The molecular formula is C28H29NO. The van der Waals surface area contributed by atoms with Crippen LogP contribution in [-0.2, 0) is 0 Å². The van der Waals surface area contributed by atoms with Gasteiger partial charge in [-0.05, 0) is 83.8 Å². The maximum Gasteiger partial charge on any atom is 0.255 e. The molecule has 0 heterocycles. The summed E-state index contributed by atoms with van der Waals surface area (Å²) in [6.45, 7) is 6.96. The molecular weight excluding hydrogens is 366 g/mol. The predicted octanol–water partition coefficient (Wildman–Crippen LogP) is 7.63. The number of nitrogens with one attached hydrogen (secondary N) is 1. The highest BCUT2D eigenvalue weighted by atomic mass is 16.1. The van der Waals surface area contributed by atoms with Crippen molar-refractivity contribution in [2.45, 2.75) is 40.0 Å². The Hall–Kier alpha value is -3.13. The summed E-state index contributed by atoms with van der Waals surface area (Å²) in [6, 6.07) is 21.8. The fourth-order valence-corrected chi connectivity index (χ4v) is 4.42. The second-order valence-corrected chi connectivity index (χ2v) is 8.91.